The molecule has 0 bridgehead atoms. The van der Waals surface area contributed by atoms with Gasteiger partial charge in [0.15, 0.2) is 6.29 Å². The second-order valence-electron chi connectivity index (χ2n) is 3.76. The maximum Gasteiger partial charge on any atom is 0.329 e. The van der Waals surface area contributed by atoms with Crippen LogP contribution >= 0.6 is 0 Å². The zero-order valence-electron chi connectivity index (χ0n) is 10.3. The molecule has 10 heteroatoms. The average molecular weight is 296 g/mol. The number of aliphatic hydroxyl groups excluding tert-OH is 3. The number of hydrogen-bond acceptors (Lipinski definition) is 8. The predicted octanol–water partition coefficient (Wildman–Crippen LogP) is -3.16. The van der Waals surface area contributed by atoms with Gasteiger partial charge in [-0.1, -0.05) is 0 Å². The van der Waals surface area contributed by atoms with Crippen LogP contribution in [0.2, 0.25) is 0 Å². The van der Waals surface area contributed by atoms with Crippen LogP contribution in [0.5, 0.6) is 0 Å². The lowest BCUT2D eigenvalue weighted by Gasteiger charge is -2.27. The molecule has 20 heavy (non-hydrogen) atoms. The smallest absolute Gasteiger partial charge is 0.329 e. The van der Waals surface area contributed by atoms with E-state index in [4.69, 9.17) is 10.2 Å². The molecule has 0 amide bonds. The fourth-order valence-corrected chi connectivity index (χ4v) is 1.23. The minimum Gasteiger partial charge on any atom is -0.480 e. The number of carbonyl (C=O) groups excluding carboxylic acids is 1. The highest BCUT2D eigenvalue weighted by Gasteiger charge is 2.33. The van der Waals surface area contributed by atoms with Gasteiger partial charge in [-0.25, -0.2) is 9.59 Å². The van der Waals surface area contributed by atoms with Crippen LogP contribution in [0.4, 0.5) is 0 Å². The average Bonchev–Trinajstić information content (AvgIpc) is 2.37. The molecule has 0 saturated carbocycles. The minimum atomic E-state index is -1.86. The van der Waals surface area contributed by atoms with Crippen molar-refractivity contribution in [2.75, 3.05) is 19.8 Å². The van der Waals surface area contributed by atoms with Crippen molar-refractivity contribution in [3.8, 4) is 0 Å². The first-order valence-corrected chi connectivity index (χ1v) is 5.42. The summed E-state index contributed by atoms with van der Waals surface area (Å²) >= 11 is 0. The SMILES string of the molecule is O=C[C@H](O)[C@@H](OCC(=O)O)[C@H](O)[C@H](O)COCC(=O)O. The van der Waals surface area contributed by atoms with Crippen molar-refractivity contribution in [2.45, 2.75) is 24.4 Å². The van der Waals surface area contributed by atoms with Gasteiger partial charge in [0.2, 0.25) is 0 Å². The molecule has 0 rings (SSSR count). The van der Waals surface area contributed by atoms with Gasteiger partial charge in [-0.3, -0.25) is 0 Å². The Kier molecular flexibility index (Phi) is 8.59. The van der Waals surface area contributed by atoms with Crippen LogP contribution in [0.25, 0.3) is 0 Å². The Morgan fingerprint density at radius 2 is 1.60 bits per heavy atom. The first-order valence-electron chi connectivity index (χ1n) is 5.42. The van der Waals surface area contributed by atoms with Gasteiger partial charge >= 0.3 is 11.9 Å². The summed E-state index contributed by atoms with van der Waals surface area (Å²) < 4.78 is 9.12. The van der Waals surface area contributed by atoms with Crippen LogP contribution in [0.15, 0.2) is 0 Å². The molecule has 0 aromatic rings. The summed E-state index contributed by atoms with van der Waals surface area (Å²) in [6.07, 6.45) is -7.07. The van der Waals surface area contributed by atoms with Crippen LogP contribution in [0.1, 0.15) is 0 Å². The largest absolute Gasteiger partial charge is 0.480 e. The standard InChI is InChI=1S/C10H16O10/c11-1-5(12)10(20-4-8(16)17)9(18)6(13)2-19-3-7(14)15/h1,5-6,9-10,12-13,18H,2-4H2,(H,14,15)(H,16,17)/t5-,6+,9+,10+/m0/s1. The number of aldehydes is 1. The van der Waals surface area contributed by atoms with Gasteiger partial charge in [-0.15, -0.1) is 0 Å². The van der Waals surface area contributed by atoms with Crippen LogP contribution in [-0.4, -0.2) is 88.0 Å². The Hall–Kier alpha value is -1.59. The molecule has 0 aliphatic rings. The third-order valence-corrected chi connectivity index (χ3v) is 2.12. The lowest BCUT2D eigenvalue weighted by Crippen LogP contribution is -2.49. The van der Waals surface area contributed by atoms with Crippen LogP contribution in [0.3, 0.4) is 0 Å². The maximum absolute atomic E-state index is 10.4. The number of carboxylic acid groups (broad SMARTS) is 2. The molecule has 0 radical (unpaired) electrons. The van der Waals surface area contributed by atoms with E-state index >= 15 is 0 Å². The molecule has 0 heterocycles. The quantitative estimate of drug-likeness (QED) is 0.245. The van der Waals surface area contributed by atoms with Crippen molar-refractivity contribution >= 4 is 18.2 Å². The Labute approximate surface area is 113 Å². The van der Waals surface area contributed by atoms with Crippen LogP contribution < -0.4 is 0 Å². The number of ether oxygens (including phenoxy) is 2. The van der Waals surface area contributed by atoms with E-state index in [9.17, 15) is 29.7 Å². The number of hydrogen-bond donors (Lipinski definition) is 5. The number of carbonyl (C=O) groups is 3. The molecule has 0 spiro atoms. The summed E-state index contributed by atoms with van der Waals surface area (Å²) in [5.74, 6) is -2.70. The van der Waals surface area contributed by atoms with Gasteiger partial charge in [0.1, 0.15) is 37.6 Å². The number of aliphatic hydroxyl groups is 3. The minimum absolute atomic E-state index is 0.000559. The van der Waals surface area contributed by atoms with E-state index in [1.807, 2.05) is 0 Å². The molecular weight excluding hydrogens is 280 g/mol. The predicted molar refractivity (Wildman–Crippen MR) is 59.9 cm³/mol. The Morgan fingerprint density at radius 1 is 1.05 bits per heavy atom. The van der Waals surface area contributed by atoms with E-state index in [1.54, 1.807) is 0 Å². The lowest BCUT2D eigenvalue weighted by molar-refractivity contribution is -0.167. The monoisotopic (exact) mass is 296 g/mol. The van der Waals surface area contributed by atoms with Gasteiger partial charge in [0.25, 0.3) is 0 Å². The van der Waals surface area contributed by atoms with Gasteiger partial charge in [0, 0.05) is 0 Å². The third-order valence-electron chi connectivity index (χ3n) is 2.12. The molecular formula is C10H16O10. The first kappa shape index (κ1) is 18.4. The molecule has 0 aliphatic carbocycles. The van der Waals surface area contributed by atoms with Gasteiger partial charge in [0.05, 0.1) is 6.61 Å². The second kappa shape index (κ2) is 9.34. The summed E-state index contributed by atoms with van der Waals surface area (Å²) in [5, 5.41) is 45.1. The molecule has 10 nitrogen and oxygen atoms in total. The maximum atomic E-state index is 10.4. The normalized spacial score (nSPS) is 16.9. The van der Waals surface area contributed by atoms with Crippen molar-refractivity contribution in [3.05, 3.63) is 0 Å². The van der Waals surface area contributed by atoms with Crippen LogP contribution in [0, 0.1) is 0 Å². The van der Waals surface area contributed by atoms with E-state index in [1.165, 1.54) is 0 Å². The summed E-state index contributed by atoms with van der Waals surface area (Å²) in [6, 6.07) is 0. The van der Waals surface area contributed by atoms with E-state index in [0.717, 1.165) is 0 Å². The molecule has 5 N–H and O–H groups in total. The number of aliphatic carboxylic acids is 2. The molecule has 0 fully saturated rings. The highest BCUT2D eigenvalue weighted by molar-refractivity contribution is 5.68. The zero-order chi connectivity index (χ0) is 15.7. The van der Waals surface area contributed by atoms with Crippen molar-refractivity contribution < 1.29 is 49.4 Å². The highest BCUT2D eigenvalue weighted by Crippen LogP contribution is 2.09. The molecule has 0 aliphatic heterocycles. The highest BCUT2D eigenvalue weighted by atomic mass is 16.5. The van der Waals surface area contributed by atoms with E-state index in [0.29, 0.717) is 0 Å². The molecule has 0 aromatic heterocycles. The van der Waals surface area contributed by atoms with E-state index < -0.39 is 56.2 Å². The Bertz CT molecular complexity index is 330. The van der Waals surface area contributed by atoms with Gasteiger partial charge in [-0.2, -0.15) is 0 Å². The summed E-state index contributed by atoms with van der Waals surface area (Å²) in [7, 11) is 0. The molecule has 0 saturated heterocycles. The fraction of sp³-hybridized carbons (Fsp3) is 0.700. The van der Waals surface area contributed by atoms with Crippen LogP contribution in [-0.2, 0) is 23.9 Å². The summed E-state index contributed by atoms with van der Waals surface area (Å²) in [5.41, 5.74) is 0. The Morgan fingerprint density at radius 3 is 2.05 bits per heavy atom. The number of rotatable bonds is 11. The van der Waals surface area contributed by atoms with Crippen molar-refractivity contribution in [1.29, 1.82) is 0 Å². The zero-order valence-corrected chi connectivity index (χ0v) is 10.3. The topological polar surface area (TPSA) is 171 Å². The summed E-state index contributed by atoms with van der Waals surface area (Å²) in [6.45, 7) is -2.23. The van der Waals surface area contributed by atoms with E-state index in [2.05, 4.69) is 9.47 Å². The van der Waals surface area contributed by atoms with Crippen molar-refractivity contribution in [2.24, 2.45) is 0 Å². The van der Waals surface area contributed by atoms with E-state index in [-0.39, 0.29) is 6.29 Å². The van der Waals surface area contributed by atoms with Gasteiger partial charge in [-0.05, 0) is 0 Å². The summed E-state index contributed by atoms with van der Waals surface area (Å²) in [4.78, 5) is 30.9. The number of carboxylic acids is 2. The third kappa shape index (κ3) is 7.11. The molecule has 0 unspecified atom stereocenters. The molecule has 0 aromatic carbocycles. The van der Waals surface area contributed by atoms with Crippen molar-refractivity contribution in [1.82, 2.24) is 0 Å². The molecule has 4 atom stereocenters. The first-order chi connectivity index (χ1) is 9.29. The second-order valence-corrected chi connectivity index (χ2v) is 3.76. The Balaban J connectivity index is 4.50. The van der Waals surface area contributed by atoms with Crippen molar-refractivity contribution in [3.63, 3.8) is 0 Å². The molecule has 116 valence electrons. The fourth-order valence-electron chi connectivity index (χ4n) is 1.23. The van der Waals surface area contributed by atoms with Gasteiger partial charge < -0.3 is 39.8 Å². The lowest BCUT2D eigenvalue weighted by atomic mass is 10.0.